The number of nitrogens with two attached hydrogens (primary N) is 1. The quantitative estimate of drug-likeness (QED) is 0.198. The molecule has 204 valence electrons. The highest BCUT2D eigenvalue weighted by Crippen LogP contribution is 2.48. The average molecular weight is 553 g/mol. The molecule has 2 amide bonds. The van der Waals surface area contributed by atoms with Gasteiger partial charge in [0.25, 0.3) is 0 Å². The normalized spacial score (nSPS) is 12.0. The van der Waals surface area contributed by atoms with Gasteiger partial charge in [0, 0.05) is 0 Å². The van der Waals surface area contributed by atoms with E-state index in [1.807, 2.05) is 66.1 Å². The number of benzene rings is 4. The lowest BCUT2D eigenvalue weighted by molar-refractivity contribution is -0.119. The predicted octanol–water partition coefficient (Wildman–Crippen LogP) is 6.40. The average Bonchev–Trinajstić information content (AvgIpc) is 3.01. The number of amides is 2. The molecule has 0 spiro atoms. The van der Waals surface area contributed by atoms with E-state index in [0.717, 1.165) is 22.3 Å². The molecule has 7 heteroatoms. The standard InChI is InChI=1S/C33H32N2O4S/c1-38-29-21-19-25(20-22-29)24-39-32(37)35-30(31(34)36)18-11-23-40-33(26-12-5-2-6-13-26,27-14-7-3-8-15-27)28-16-9-4-10-17-28/h2-17,19-23,30H,18,24H2,1H3,(H2,34,36)(H,35,37)/b23-11-. The molecule has 4 rings (SSSR count). The van der Waals surface area contributed by atoms with Crippen molar-refractivity contribution in [1.82, 2.24) is 5.32 Å². The molecule has 4 aromatic rings. The number of carbonyl (C=O) groups excluding carboxylic acids is 2. The molecule has 0 bridgehead atoms. The minimum atomic E-state index is -0.917. The van der Waals surface area contributed by atoms with Crippen molar-refractivity contribution >= 4 is 23.8 Å². The van der Waals surface area contributed by atoms with E-state index in [0.29, 0.717) is 5.75 Å². The van der Waals surface area contributed by atoms with Gasteiger partial charge in [-0.25, -0.2) is 4.79 Å². The molecule has 0 radical (unpaired) electrons. The van der Waals surface area contributed by atoms with Gasteiger partial charge in [0.05, 0.1) is 11.9 Å². The third-order valence-corrected chi connectivity index (χ3v) is 7.81. The number of thioether (sulfide) groups is 1. The summed E-state index contributed by atoms with van der Waals surface area (Å²) in [6, 6.07) is 37.2. The first-order chi connectivity index (χ1) is 19.5. The minimum Gasteiger partial charge on any atom is -0.497 e. The lowest BCUT2D eigenvalue weighted by Gasteiger charge is -2.34. The first-order valence-electron chi connectivity index (χ1n) is 12.9. The van der Waals surface area contributed by atoms with Gasteiger partial charge in [0.1, 0.15) is 18.4 Å². The van der Waals surface area contributed by atoms with Gasteiger partial charge in [0.15, 0.2) is 0 Å². The van der Waals surface area contributed by atoms with Crippen molar-refractivity contribution in [3.63, 3.8) is 0 Å². The highest BCUT2D eigenvalue weighted by molar-refractivity contribution is 8.03. The van der Waals surface area contributed by atoms with Crippen LogP contribution in [0.15, 0.2) is 127 Å². The van der Waals surface area contributed by atoms with Crippen molar-refractivity contribution in [2.75, 3.05) is 7.11 Å². The van der Waals surface area contributed by atoms with E-state index in [4.69, 9.17) is 15.2 Å². The number of carbonyl (C=O) groups is 2. The molecule has 6 nitrogen and oxygen atoms in total. The second-order valence-corrected chi connectivity index (χ2v) is 10.1. The fourth-order valence-electron chi connectivity index (χ4n) is 4.37. The molecule has 1 atom stereocenters. The van der Waals surface area contributed by atoms with Gasteiger partial charge >= 0.3 is 6.09 Å². The van der Waals surface area contributed by atoms with Crippen molar-refractivity contribution in [3.05, 3.63) is 149 Å². The summed E-state index contributed by atoms with van der Waals surface area (Å²) in [6.45, 7) is 0.0563. The van der Waals surface area contributed by atoms with Crippen LogP contribution in [0.2, 0.25) is 0 Å². The number of rotatable bonds is 12. The second kappa shape index (κ2) is 14.1. The van der Waals surface area contributed by atoms with E-state index >= 15 is 0 Å². The number of nitrogens with one attached hydrogen (secondary N) is 1. The minimum absolute atomic E-state index is 0.0563. The van der Waals surface area contributed by atoms with Crippen LogP contribution in [0.3, 0.4) is 0 Å². The van der Waals surface area contributed by atoms with Gasteiger partial charge in [-0.05, 0) is 46.2 Å². The number of hydrogen-bond donors (Lipinski definition) is 2. The van der Waals surface area contributed by atoms with Gasteiger partial charge in [-0.2, -0.15) is 0 Å². The summed E-state index contributed by atoms with van der Waals surface area (Å²) < 4.78 is 9.89. The van der Waals surface area contributed by atoms with Gasteiger partial charge < -0.3 is 20.5 Å². The van der Waals surface area contributed by atoms with Crippen LogP contribution in [0.5, 0.6) is 5.75 Å². The van der Waals surface area contributed by atoms with Crippen molar-refractivity contribution in [3.8, 4) is 5.75 Å². The lowest BCUT2D eigenvalue weighted by Crippen LogP contribution is -2.44. The predicted molar refractivity (Wildman–Crippen MR) is 160 cm³/mol. The third-order valence-electron chi connectivity index (χ3n) is 6.42. The molecule has 0 aliphatic rings. The van der Waals surface area contributed by atoms with E-state index in [-0.39, 0.29) is 13.0 Å². The Hall–Kier alpha value is -4.49. The van der Waals surface area contributed by atoms with Crippen molar-refractivity contribution in [2.45, 2.75) is 23.8 Å². The van der Waals surface area contributed by atoms with Crippen LogP contribution in [0.4, 0.5) is 4.79 Å². The topological polar surface area (TPSA) is 90.7 Å². The number of alkyl carbamates (subject to hydrolysis) is 1. The molecule has 0 saturated carbocycles. The van der Waals surface area contributed by atoms with E-state index < -0.39 is 22.8 Å². The number of methoxy groups -OCH3 is 1. The zero-order valence-electron chi connectivity index (χ0n) is 22.2. The Balaban J connectivity index is 1.49. The zero-order chi connectivity index (χ0) is 28.2. The Morgan fingerprint density at radius 2 is 1.32 bits per heavy atom. The molecule has 4 aromatic carbocycles. The smallest absolute Gasteiger partial charge is 0.408 e. The maximum atomic E-state index is 12.4. The van der Waals surface area contributed by atoms with Crippen molar-refractivity contribution < 1.29 is 19.1 Å². The summed E-state index contributed by atoms with van der Waals surface area (Å²) in [5.74, 6) is 0.0685. The van der Waals surface area contributed by atoms with Gasteiger partial charge in [-0.15, -0.1) is 11.8 Å². The Bertz CT molecular complexity index is 1300. The lowest BCUT2D eigenvalue weighted by atomic mass is 9.84. The fraction of sp³-hybridized carbons (Fsp3) is 0.152. The molecule has 0 fully saturated rings. The maximum absolute atomic E-state index is 12.4. The number of hydrogen-bond acceptors (Lipinski definition) is 5. The first kappa shape index (κ1) is 28.5. The van der Waals surface area contributed by atoms with Crippen LogP contribution in [0.1, 0.15) is 28.7 Å². The summed E-state index contributed by atoms with van der Waals surface area (Å²) in [5, 5.41) is 4.55. The maximum Gasteiger partial charge on any atom is 0.408 e. The van der Waals surface area contributed by atoms with Crippen molar-refractivity contribution in [1.29, 1.82) is 0 Å². The zero-order valence-corrected chi connectivity index (χ0v) is 23.1. The van der Waals surface area contributed by atoms with E-state index in [1.54, 1.807) is 43.1 Å². The van der Waals surface area contributed by atoms with Crippen LogP contribution in [-0.4, -0.2) is 25.2 Å². The largest absolute Gasteiger partial charge is 0.497 e. The molecule has 0 heterocycles. The first-order valence-corrected chi connectivity index (χ1v) is 13.8. The van der Waals surface area contributed by atoms with Crippen LogP contribution in [0, 0.1) is 0 Å². The molecule has 0 aromatic heterocycles. The summed E-state index contributed by atoms with van der Waals surface area (Å²) >= 11 is 1.62. The van der Waals surface area contributed by atoms with Crippen LogP contribution in [0.25, 0.3) is 0 Å². The summed E-state index contributed by atoms with van der Waals surface area (Å²) in [7, 11) is 1.58. The van der Waals surface area contributed by atoms with Crippen LogP contribution >= 0.6 is 11.8 Å². The van der Waals surface area contributed by atoms with E-state index in [1.165, 1.54) is 0 Å². The summed E-state index contributed by atoms with van der Waals surface area (Å²) in [6.07, 6.45) is 1.36. The van der Waals surface area contributed by atoms with Crippen molar-refractivity contribution in [2.24, 2.45) is 5.73 Å². The SMILES string of the molecule is COc1ccc(COC(=O)NC(C/C=C\SC(c2ccccc2)(c2ccccc2)c2ccccc2)C(N)=O)cc1. The number of primary amides is 1. The molecule has 1 unspecified atom stereocenters. The molecule has 3 N–H and O–H groups in total. The molecular weight excluding hydrogens is 520 g/mol. The molecule has 0 aliphatic heterocycles. The molecule has 40 heavy (non-hydrogen) atoms. The Kier molecular flexibility index (Phi) is 10.0. The van der Waals surface area contributed by atoms with Gasteiger partial charge in [-0.1, -0.05) is 109 Å². The fourth-order valence-corrected chi connectivity index (χ4v) is 5.59. The van der Waals surface area contributed by atoms with Gasteiger partial charge in [-0.3, -0.25) is 4.79 Å². The third kappa shape index (κ3) is 7.12. The highest BCUT2D eigenvalue weighted by Gasteiger charge is 2.36. The van der Waals surface area contributed by atoms with Crippen LogP contribution < -0.4 is 15.8 Å². The summed E-state index contributed by atoms with van der Waals surface area (Å²) in [4.78, 5) is 24.5. The number of ether oxygens (including phenoxy) is 2. The molecular formula is C33H32N2O4S. The van der Waals surface area contributed by atoms with E-state index in [9.17, 15) is 9.59 Å². The Morgan fingerprint density at radius 3 is 1.77 bits per heavy atom. The Morgan fingerprint density at radius 1 is 0.825 bits per heavy atom. The molecule has 0 saturated heterocycles. The van der Waals surface area contributed by atoms with Crippen LogP contribution in [-0.2, 0) is 20.9 Å². The monoisotopic (exact) mass is 552 g/mol. The van der Waals surface area contributed by atoms with E-state index in [2.05, 4.69) is 41.7 Å². The second-order valence-electron chi connectivity index (χ2n) is 9.03. The summed E-state index contributed by atoms with van der Waals surface area (Å²) in [5.41, 5.74) is 9.75. The van der Waals surface area contributed by atoms with Gasteiger partial charge in [0.2, 0.25) is 5.91 Å². The Labute approximate surface area is 239 Å². The molecule has 0 aliphatic carbocycles. The highest BCUT2D eigenvalue weighted by atomic mass is 32.2.